The molecule has 1 amide bonds. The summed E-state index contributed by atoms with van der Waals surface area (Å²) in [6.45, 7) is 5.63. The van der Waals surface area contributed by atoms with Crippen molar-refractivity contribution in [3.05, 3.63) is 77.3 Å². The van der Waals surface area contributed by atoms with Gasteiger partial charge in [0, 0.05) is 12.7 Å². The van der Waals surface area contributed by atoms with Crippen LogP contribution >= 0.6 is 11.3 Å². The zero-order valence-electron chi connectivity index (χ0n) is 17.8. The highest BCUT2D eigenvalue weighted by atomic mass is 32.1. The summed E-state index contributed by atoms with van der Waals surface area (Å²) in [4.78, 5) is 13.3. The number of carbonyl (C=O) groups is 1. The second kappa shape index (κ2) is 9.71. The molecule has 4 aromatic rings. The molecule has 4 rings (SSSR count). The zero-order chi connectivity index (χ0) is 21.6. The van der Waals surface area contributed by atoms with Crippen LogP contribution in [0.25, 0.3) is 15.9 Å². The van der Waals surface area contributed by atoms with E-state index in [1.165, 1.54) is 16.7 Å². The molecule has 0 radical (unpaired) electrons. The molecule has 0 aliphatic carbocycles. The minimum Gasteiger partial charge on any atom is -0.490 e. The molecule has 160 valence electrons. The molecule has 0 unspecified atom stereocenters. The Bertz CT molecular complexity index is 1180. The van der Waals surface area contributed by atoms with E-state index >= 15 is 0 Å². The van der Waals surface area contributed by atoms with Gasteiger partial charge in [-0.15, -0.1) is 11.3 Å². The molecule has 31 heavy (non-hydrogen) atoms. The molecule has 0 aliphatic rings. The maximum atomic E-state index is 12.6. The lowest BCUT2D eigenvalue weighted by Crippen LogP contribution is -2.24. The van der Waals surface area contributed by atoms with Crippen molar-refractivity contribution in [3.63, 3.8) is 0 Å². The topological polar surface area (TPSA) is 52.5 Å². The van der Waals surface area contributed by atoms with Crippen LogP contribution in [0.3, 0.4) is 0 Å². The number of benzene rings is 2. The number of para-hydroxylation sites is 1. The van der Waals surface area contributed by atoms with Gasteiger partial charge < -0.3 is 19.4 Å². The van der Waals surface area contributed by atoms with Crippen molar-refractivity contribution < 1.29 is 14.3 Å². The van der Waals surface area contributed by atoms with Crippen LogP contribution in [0.2, 0.25) is 0 Å². The lowest BCUT2D eigenvalue weighted by Gasteiger charge is -2.12. The summed E-state index contributed by atoms with van der Waals surface area (Å²) in [5.41, 5.74) is 2.23. The Morgan fingerprint density at radius 2 is 1.77 bits per heavy atom. The predicted molar refractivity (Wildman–Crippen MR) is 126 cm³/mol. The zero-order valence-corrected chi connectivity index (χ0v) is 18.6. The van der Waals surface area contributed by atoms with E-state index in [9.17, 15) is 4.79 Å². The number of fused-ring (bicyclic) bond motifs is 1. The van der Waals surface area contributed by atoms with E-state index in [1.54, 1.807) is 0 Å². The van der Waals surface area contributed by atoms with Gasteiger partial charge in [-0.3, -0.25) is 4.79 Å². The quantitative estimate of drug-likeness (QED) is 0.380. The van der Waals surface area contributed by atoms with Crippen LogP contribution < -0.4 is 14.8 Å². The highest BCUT2D eigenvalue weighted by Crippen LogP contribution is 2.29. The first-order chi connectivity index (χ1) is 15.2. The Hall–Kier alpha value is -3.25. The maximum Gasteiger partial charge on any atom is 0.261 e. The summed E-state index contributed by atoms with van der Waals surface area (Å²) in [7, 11) is 0. The smallest absolute Gasteiger partial charge is 0.261 e. The van der Waals surface area contributed by atoms with Crippen LogP contribution in [0.15, 0.2) is 66.9 Å². The molecule has 0 saturated carbocycles. The number of aromatic nitrogens is 1. The van der Waals surface area contributed by atoms with Gasteiger partial charge >= 0.3 is 0 Å². The molecule has 0 atom stereocenters. The molecule has 0 saturated heterocycles. The molecule has 2 aromatic heterocycles. The molecule has 0 spiro atoms. The summed E-state index contributed by atoms with van der Waals surface area (Å²) in [6, 6.07) is 20.1. The van der Waals surface area contributed by atoms with Crippen molar-refractivity contribution in [2.24, 2.45) is 0 Å². The summed E-state index contributed by atoms with van der Waals surface area (Å²) >= 11 is 1.49. The Kier molecular flexibility index (Phi) is 6.57. The number of carbonyl (C=O) groups excluding carboxylic acids is 1. The number of amides is 1. The summed E-state index contributed by atoms with van der Waals surface area (Å²) in [6.07, 6.45) is 2.76. The molecule has 0 bridgehead atoms. The monoisotopic (exact) mass is 434 g/mol. The number of thiophene rings is 1. The Balaban J connectivity index is 1.38. The van der Waals surface area contributed by atoms with Gasteiger partial charge in [-0.2, -0.15) is 0 Å². The van der Waals surface area contributed by atoms with Gasteiger partial charge in [-0.25, -0.2) is 0 Å². The standard InChI is InChI=1S/C25H26N2O3S/c1-3-29-21-10-9-18(17-22(21)30-4-2)13-15-26-25(28)23-11-12-24(31-23)27-16-14-19-7-5-6-8-20(19)27/h5-12,14,16-17H,3-4,13,15H2,1-2H3,(H,26,28). The molecular weight excluding hydrogens is 408 g/mol. The van der Waals surface area contributed by atoms with Crippen molar-refractivity contribution in [1.29, 1.82) is 0 Å². The van der Waals surface area contributed by atoms with Gasteiger partial charge in [0.2, 0.25) is 0 Å². The van der Waals surface area contributed by atoms with Crippen LogP contribution in [0.4, 0.5) is 0 Å². The predicted octanol–water partition coefficient (Wildman–Crippen LogP) is 5.46. The molecule has 0 aliphatic heterocycles. The lowest BCUT2D eigenvalue weighted by molar-refractivity contribution is 0.0958. The third-order valence-corrected chi connectivity index (χ3v) is 6.04. The highest BCUT2D eigenvalue weighted by molar-refractivity contribution is 7.16. The van der Waals surface area contributed by atoms with E-state index in [0.717, 1.165) is 34.0 Å². The van der Waals surface area contributed by atoms with E-state index < -0.39 is 0 Å². The van der Waals surface area contributed by atoms with E-state index in [1.807, 2.05) is 62.5 Å². The molecule has 2 heterocycles. The van der Waals surface area contributed by atoms with Crippen LogP contribution in [0, 0.1) is 0 Å². The summed E-state index contributed by atoms with van der Waals surface area (Å²) in [5.74, 6) is 1.44. The molecule has 0 fully saturated rings. The van der Waals surface area contributed by atoms with Crippen molar-refractivity contribution in [1.82, 2.24) is 9.88 Å². The van der Waals surface area contributed by atoms with Crippen molar-refractivity contribution in [2.45, 2.75) is 20.3 Å². The average Bonchev–Trinajstić information content (AvgIpc) is 3.43. The Morgan fingerprint density at radius 1 is 0.968 bits per heavy atom. The minimum atomic E-state index is -0.0521. The maximum absolute atomic E-state index is 12.6. The second-order valence-corrected chi connectivity index (χ2v) is 8.10. The van der Waals surface area contributed by atoms with Crippen molar-refractivity contribution in [3.8, 4) is 16.5 Å². The SMILES string of the molecule is CCOc1ccc(CCNC(=O)c2ccc(-n3ccc4ccccc43)s2)cc1OCC. The first-order valence-electron chi connectivity index (χ1n) is 10.5. The van der Waals surface area contributed by atoms with Gasteiger partial charge in [0.25, 0.3) is 5.91 Å². The van der Waals surface area contributed by atoms with E-state index in [0.29, 0.717) is 24.6 Å². The van der Waals surface area contributed by atoms with Crippen molar-refractivity contribution >= 4 is 28.1 Å². The molecule has 2 aromatic carbocycles. The average molecular weight is 435 g/mol. The fourth-order valence-corrected chi connectivity index (χ4v) is 4.43. The van der Waals surface area contributed by atoms with Crippen LogP contribution in [0.1, 0.15) is 29.1 Å². The van der Waals surface area contributed by atoms with Gasteiger partial charge in [0.1, 0.15) is 5.00 Å². The number of ether oxygens (including phenoxy) is 2. The van der Waals surface area contributed by atoms with Crippen LogP contribution in [0.5, 0.6) is 11.5 Å². The summed E-state index contributed by atoms with van der Waals surface area (Å²) in [5, 5.41) is 5.24. The first-order valence-corrected chi connectivity index (χ1v) is 11.3. The van der Waals surface area contributed by atoms with E-state index in [4.69, 9.17) is 9.47 Å². The van der Waals surface area contributed by atoms with E-state index in [-0.39, 0.29) is 5.91 Å². The number of nitrogens with one attached hydrogen (secondary N) is 1. The van der Waals surface area contributed by atoms with Crippen LogP contribution in [-0.2, 0) is 6.42 Å². The van der Waals surface area contributed by atoms with Gasteiger partial charge in [-0.05, 0) is 67.6 Å². The highest BCUT2D eigenvalue weighted by Gasteiger charge is 2.12. The first kappa shape index (κ1) is 21.0. The third kappa shape index (κ3) is 4.75. The number of rotatable bonds is 9. The summed E-state index contributed by atoms with van der Waals surface area (Å²) < 4.78 is 13.4. The number of hydrogen-bond donors (Lipinski definition) is 1. The third-order valence-electron chi connectivity index (χ3n) is 4.96. The van der Waals surface area contributed by atoms with Crippen LogP contribution in [-0.4, -0.2) is 30.2 Å². The second-order valence-electron chi connectivity index (χ2n) is 7.04. The fourth-order valence-electron chi connectivity index (χ4n) is 3.51. The molecule has 5 nitrogen and oxygen atoms in total. The number of hydrogen-bond acceptors (Lipinski definition) is 4. The van der Waals surface area contributed by atoms with Gasteiger partial charge in [0.05, 0.1) is 23.6 Å². The molecule has 1 N–H and O–H groups in total. The number of nitrogens with zero attached hydrogens (tertiary/aromatic N) is 1. The Labute approximate surface area is 186 Å². The van der Waals surface area contributed by atoms with Gasteiger partial charge in [0.15, 0.2) is 11.5 Å². The lowest BCUT2D eigenvalue weighted by atomic mass is 10.1. The minimum absolute atomic E-state index is 0.0521. The van der Waals surface area contributed by atoms with Crippen molar-refractivity contribution in [2.75, 3.05) is 19.8 Å². The van der Waals surface area contributed by atoms with Gasteiger partial charge in [-0.1, -0.05) is 24.3 Å². The Morgan fingerprint density at radius 3 is 2.61 bits per heavy atom. The largest absolute Gasteiger partial charge is 0.490 e. The molecular formula is C25H26N2O3S. The fraction of sp³-hybridized carbons (Fsp3) is 0.240. The normalized spacial score (nSPS) is 10.9. The van der Waals surface area contributed by atoms with E-state index in [2.05, 4.69) is 28.1 Å². The molecule has 6 heteroatoms.